The van der Waals surface area contributed by atoms with E-state index in [9.17, 15) is 0 Å². The normalized spacial score (nSPS) is 12.4. The third kappa shape index (κ3) is 3.34. The van der Waals surface area contributed by atoms with Crippen LogP contribution in [0.3, 0.4) is 0 Å². The van der Waals surface area contributed by atoms with E-state index in [1.165, 1.54) is 5.69 Å². The molecule has 0 aliphatic rings. The maximum absolute atomic E-state index is 4.67. The average molecular weight is 222 g/mol. The minimum absolute atomic E-state index is 0.118. The Hall–Kier alpha value is -0.830. The fourth-order valence-electron chi connectivity index (χ4n) is 1.51. The number of hydrogen-bond donors (Lipinski definition) is 0. The maximum Gasteiger partial charge on any atom is 0.0680 e. The summed E-state index contributed by atoms with van der Waals surface area (Å²) in [5, 5.41) is 4.67. The summed E-state index contributed by atoms with van der Waals surface area (Å²) in [4.78, 5) is 2.17. The molecule has 0 fully saturated rings. The molecule has 0 bridgehead atoms. The molecule has 16 heavy (non-hydrogen) atoms. The minimum Gasteiger partial charge on any atom is -0.308 e. The first-order valence-corrected chi connectivity index (χ1v) is 5.85. The molecule has 1 rings (SSSR count). The number of aromatic nitrogens is 2. The van der Waals surface area contributed by atoms with Gasteiger partial charge in [0.05, 0.1) is 12.2 Å². The van der Waals surface area contributed by atoms with Gasteiger partial charge in [-0.2, -0.15) is 5.10 Å². The molecular weight excluding hydrogens is 198 g/mol. The van der Waals surface area contributed by atoms with Crippen molar-refractivity contribution in [2.24, 2.45) is 0 Å². The first-order valence-electron chi connectivity index (χ1n) is 5.85. The molecule has 1 aromatic rings. The van der Waals surface area contributed by atoms with Crippen LogP contribution in [-0.4, -0.2) is 35.3 Å². The van der Waals surface area contributed by atoms with Crippen molar-refractivity contribution in [1.82, 2.24) is 14.7 Å². The summed E-state index contributed by atoms with van der Waals surface area (Å²) in [6.45, 7) is 12.5. The molecule has 91 valence electrons. The van der Waals surface area contributed by atoms with Crippen LogP contribution in [0.5, 0.6) is 0 Å². The Morgan fingerprint density at radius 2 is 2.00 bits per heavy atom. The van der Waals surface area contributed by atoms with Crippen LogP contribution in [0, 0.1) is 6.92 Å². The van der Waals surface area contributed by atoms with Crippen molar-refractivity contribution in [1.29, 1.82) is 0 Å². The lowest BCUT2D eigenvalue weighted by atomic mass is 9.92. The van der Waals surface area contributed by atoms with Crippen molar-refractivity contribution in [2.75, 3.05) is 20.6 Å². The Morgan fingerprint density at radius 1 is 1.38 bits per heavy atom. The van der Waals surface area contributed by atoms with Crippen LogP contribution in [0.2, 0.25) is 0 Å². The smallest absolute Gasteiger partial charge is 0.0680 e. The monoisotopic (exact) mass is 222 g/mol. The predicted octanol–water partition coefficient (Wildman–Crippen LogP) is 2.12. The van der Waals surface area contributed by atoms with Crippen molar-refractivity contribution in [3.05, 3.63) is 24.4 Å². The SMILES string of the molecule is [CH2]Cc1cc(C(C)(C)C)nn1CCN(C)C. The number of hydrogen-bond acceptors (Lipinski definition) is 2. The summed E-state index contributed by atoms with van der Waals surface area (Å²) < 4.78 is 2.09. The molecule has 1 radical (unpaired) electrons. The van der Waals surface area contributed by atoms with Crippen LogP contribution >= 0.6 is 0 Å². The zero-order valence-electron chi connectivity index (χ0n) is 11.2. The van der Waals surface area contributed by atoms with Crippen LogP contribution in [0.4, 0.5) is 0 Å². The van der Waals surface area contributed by atoms with E-state index in [-0.39, 0.29) is 5.41 Å². The van der Waals surface area contributed by atoms with Crippen molar-refractivity contribution < 1.29 is 0 Å². The molecule has 0 spiro atoms. The van der Waals surface area contributed by atoms with Crippen LogP contribution in [0.1, 0.15) is 32.2 Å². The van der Waals surface area contributed by atoms with E-state index >= 15 is 0 Å². The standard InChI is InChI=1S/C13H24N3/c1-7-11-10-12(13(2,3)4)14-16(11)9-8-15(5)6/h10H,1,7-9H2,2-6H3. The predicted molar refractivity (Wildman–Crippen MR) is 68.5 cm³/mol. The summed E-state index contributed by atoms with van der Waals surface area (Å²) in [6.07, 6.45) is 0.802. The first kappa shape index (κ1) is 13.2. The average Bonchev–Trinajstić information content (AvgIpc) is 2.56. The van der Waals surface area contributed by atoms with E-state index in [0.29, 0.717) is 0 Å². The molecule has 0 atom stereocenters. The summed E-state index contributed by atoms with van der Waals surface area (Å²) in [5.41, 5.74) is 2.50. The molecule has 0 saturated heterocycles. The fraction of sp³-hybridized carbons (Fsp3) is 0.692. The molecule has 0 aliphatic heterocycles. The fourth-order valence-corrected chi connectivity index (χ4v) is 1.51. The summed E-state index contributed by atoms with van der Waals surface area (Å²) in [6, 6.07) is 2.18. The number of likely N-dealkylation sites (N-methyl/N-ethyl adjacent to an activating group) is 1. The van der Waals surface area contributed by atoms with Gasteiger partial charge in [-0.1, -0.05) is 20.8 Å². The van der Waals surface area contributed by atoms with Gasteiger partial charge in [0.25, 0.3) is 0 Å². The quantitative estimate of drug-likeness (QED) is 0.778. The highest BCUT2D eigenvalue weighted by atomic mass is 15.3. The Kier molecular flexibility index (Phi) is 4.14. The zero-order valence-corrected chi connectivity index (χ0v) is 11.2. The Morgan fingerprint density at radius 3 is 2.44 bits per heavy atom. The van der Waals surface area contributed by atoms with E-state index in [2.05, 4.69) is 62.5 Å². The van der Waals surface area contributed by atoms with Gasteiger partial charge >= 0.3 is 0 Å². The lowest BCUT2D eigenvalue weighted by Crippen LogP contribution is -2.20. The van der Waals surface area contributed by atoms with Gasteiger partial charge in [0.15, 0.2) is 0 Å². The molecule has 0 aliphatic carbocycles. The van der Waals surface area contributed by atoms with Crippen LogP contribution in [0.25, 0.3) is 0 Å². The van der Waals surface area contributed by atoms with Gasteiger partial charge in [0, 0.05) is 17.7 Å². The molecule has 3 heteroatoms. The summed E-state index contributed by atoms with van der Waals surface area (Å²) >= 11 is 0. The number of nitrogens with zero attached hydrogens (tertiary/aromatic N) is 3. The maximum atomic E-state index is 4.67. The van der Waals surface area contributed by atoms with Crippen LogP contribution in [-0.2, 0) is 18.4 Å². The van der Waals surface area contributed by atoms with Crippen LogP contribution < -0.4 is 0 Å². The Bertz CT molecular complexity index is 331. The van der Waals surface area contributed by atoms with E-state index in [4.69, 9.17) is 0 Å². The molecule has 1 aromatic heterocycles. The van der Waals surface area contributed by atoms with E-state index in [1.807, 2.05) is 0 Å². The highest BCUT2D eigenvalue weighted by molar-refractivity contribution is 5.18. The topological polar surface area (TPSA) is 21.1 Å². The van der Waals surface area contributed by atoms with Crippen LogP contribution in [0.15, 0.2) is 6.07 Å². The van der Waals surface area contributed by atoms with Gasteiger partial charge in [0.1, 0.15) is 0 Å². The van der Waals surface area contributed by atoms with E-state index in [1.54, 1.807) is 0 Å². The highest BCUT2D eigenvalue weighted by Crippen LogP contribution is 2.21. The lowest BCUT2D eigenvalue weighted by molar-refractivity contribution is 0.367. The summed E-state index contributed by atoms with van der Waals surface area (Å²) in [5.74, 6) is 0. The second-order valence-corrected chi connectivity index (χ2v) is 5.55. The summed E-state index contributed by atoms with van der Waals surface area (Å²) in [7, 11) is 4.16. The van der Waals surface area contributed by atoms with Crippen molar-refractivity contribution in [2.45, 2.75) is 39.2 Å². The molecule has 0 aromatic carbocycles. The largest absolute Gasteiger partial charge is 0.308 e. The van der Waals surface area contributed by atoms with E-state index < -0.39 is 0 Å². The van der Waals surface area contributed by atoms with E-state index in [0.717, 1.165) is 25.2 Å². The second kappa shape index (κ2) is 5.00. The molecule has 0 amide bonds. The molecular formula is C13H24N3. The molecule has 1 heterocycles. The Balaban J connectivity index is 2.87. The van der Waals surface area contributed by atoms with Gasteiger partial charge in [-0.3, -0.25) is 4.68 Å². The van der Waals surface area contributed by atoms with Gasteiger partial charge in [-0.05, 0) is 33.5 Å². The molecule has 0 N–H and O–H groups in total. The van der Waals surface area contributed by atoms with Gasteiger partial charge < -0.3 is 4.90 Å². The number of rotatable bonds is 4. The zero-order chi connectivity index (χ0) is 12.3. The van der Waals surface area contributed by atoms with Gasteiger partial charge in [-0.25, -0.2) is 0 Å². The molecule has 3 nitrogen and oxygen atoms in total. The third-order valence-corrected chi connectivity index (χ3v) is 2.65. The van der Waals surface area contributed by atoms with Crippen molar-refractivity contribution in [3.63, 3.8) is 0 Å². The van der Waals surface area contributed by atoms with Gasteiger partial charge in [0.2, 0.25) is 0 Å². The van der Waals surface area contributed by atoms with Crippen molar-refractivity contribution >= 4 is 0 Å². The van der Waals surface area contributed by atoms with Crippen molar-refractivity contribution in [3.8, 4) is 0 Å². The minimum atomic E-state index is 0.118. The third-order valence-electron chi connectivity index (χ3n) is 2.65. The Labute approximate surface area is 99.4 Å². The first-order chi connectivity index (χ1) is 7.34. The molecule has 0 saturated carbocycles. The van der Waals surface area contributed by atoms with Gasteiger partial charge in [-0.15, -0.1) is 0 Å². The molecule has 0 unspecified atom stereocenters. The lowest BCUT2D eigenvalue weighted by Gasteiger charge is -2.14. The highest BCUT2D eigenvalue weighted by Gasteiger charge is 2.19. The second-order valence-electron chi connectivity index (χ2n) is 5.55.